The predicted molar refractivity (Wildman–Crippen MR) is 311 cm³/mol. The first-order valence-electron chi connectivity index (χ1n) is 31.0. The second-order valence-corrected chi connectivity index (χ2v) is 23.8. The van der Waals surface area contributed by atoms with Gasteiger partial charge in [0.15, 0.2) is 0 Å². The van der Waals surface area contributed by atoms with Gasteiger partial charge in [-0.15, -0.1) is 0 Å². The number of nitrogens with zero attached hydrogens (tertiary/aromatic N) is 1. The van der Waals surface area contributed by atoms with Crippen LogP contribution in [-0.2, 0) is 18.4 Å². The van der Waals surface area contributed by atoms with Crippen molar-refractivity contribution < 1.29 is 32.9 Å². The Labute approximate surface area is 448 Å². The molecule has 0 rings (SSSR count). The molecule has 2 N–H and O–H groups in total. The van der Waals surface area contributed by atoms with Gasteiger partial charge in [-0.2, -0.15) is 0 Å². The smallest absolute Gasteiger partial charge is 0.268 e. The molecule has 9 heteroatoms. The van der Waals surface area contributed by atoms with E-state index in [4.69, 9.17) is 9.05 Å². The lowest BCUT2D eigenvalue weighted by Gasteiger charge is -2.29. The van der Waals surface area contributed by atoms with Crippen molar-refractivity contribution in [3.63, 3.8) is 0 Å². The van der Waals surface area contributed by atoms with Crippen LogP contribution in [0.3, 0.4) is 0 Å². The molecule has 0 saturated carbocycles. The van der Waals surface area contributed by atoms with Crippen LogP contribution in [0.1, 0.15) is 296 Å². The van der Waals surface area contributed by atoms with Crippen LogP contribution in [-0.4, -0.2) is 68.5 Å². The molecular weight excluding hydrogens is 912 g/mol. The van der Waals surface area contributed by atoms with Gasteiger partial charge < -0.3 is 28.8 Å². The number of carbonyl (C=O) groups is 1. The number of amides is 1. The van der Waals surface area contributed by atoms with Crippen LogP contribution < -0.4 is 10.2 Å². The topological polar surface area (TPSA) is 108 Å². The summed E-state index contributed by atoms with van der Waals surface area (Å²) in [5, 5.41) is 13.9. The molecule has 0 aliphatic heterocycles. The Morgan fingerprint density at radius 1 is 0.486 bits per heavy atom. The lowest BCUT2D eigenvalue weighted by molar-refractivity contribution is -0.870. The number of unbranched alkanes of at least 4 members (excludes halogenated alkanes) is 38. The number of likely N-dealkylation sites (N-methyl/N-ethyl adjacent to an activating group) is 1. The number of hydrogen-bond acceptors (Lipinski definition) is 6. The maximum Gasteiger partial charge on any atom is 0.268 e. The number of nitrogens with one attached hydrogen (secondary N) is 1. The fourth-order valence-electron chi connectivity index (χ4n) is 9.16. The third-order valence-electron chi connectivity index (χ3n) is 14.0. The number of aliphatic hydroxyl groups is 1. The highest BCUT2D eigenvalue weighted by molar-refractivity contribution is 7.45. The van der Waals surface area contributed by atoms with Crippen molar-refractivity contribution in [1.29, 1.82) is 0 Å². The summed E-state index contributed by atoms with van der Waals surface area (Å²) in [5.74, 6) is -0.208. The van der Waals surface area contributed by atoms with Crippen molar-refractivity contribution in [3.8, 4) is 0 Å². The van der Waals surface area contributed by atoms with Crippen LogP contribution in [0.5, 0.6) is 0 Å². The van der Waals surface area contributed by atoms with E-state index in [1.807, 2.05) is 27.2 Å². The van der Waals surface area contributed by atoms with Crippen molar-refractivity contribution in [3.05, 3.63) is 48.6 Å². The number of aliphatic hydroxyl groups excluding tert-OH is 1. The average Bonchev–Trinajstić information content (AvgIpc) is 3.34. The summed E-state index contributed by atoms with van der Waals surface area (Å²) in [5.41, 5.74) is 0. The molecule has 3 unspecified atom stereocenters. The summed E-state index contributed by atoms with van der Waals surface area (Å²) in [6, 6.07) is -0.896. The second kappa shape index (κ2) is 54.3. The number of phosphoric ester groups is 1. The molecule has 0 heterocycles. The van der Waals surface area contributed by atoms with Gasteiger partial charge in [-0.05, 0) is 57.8 Å². The van der Waals surface area contributed by atoms with Gasteiger partial charge in [0.05, 0.1) is 39.9 Å². The normalized spacial score (nSPS) is 14.2. The standard InChI is InChI=1S/C63H121N2O6P/c1-6-8-10-12-14-16-18-20-22-24-26-27-28-29-30-31-32-33-34-35-36-37-39-40-42-44-46-48-50-52-54-56-62(66)61(60-71-72(68,69)70-59-58-65(3,4)5)64-63(67)57-55-53-51-49-47-45-43-41-38-25-23-21-19-17-15-13-11-9-7-2/h15,17,21,23,38,41,54,56,61-62,66H,6-14,16,18-20,22,24-37,39-40,42-53,55,57-60H2,1-5H3,(H-,64,67,68,69)/b17-15-,23-21-,41-38-,56-54+. The van der Waals surface area contributed by atoms with E-state index >= 15 is 0 Å². The average molecular weight is 1030 g/mol. The van der Waals surface area contributed by atoms with Gasteiger partial charge in [-0.3, -0.25) is 9.36 Å². The van der Waals surface area contributed by atoms with Crippen molar-refractivity contribution in [1.82, 2.24) is 5.32 Å². The monoisotopic (exact) mass is 1030 g/mol. The molecular formula is C63H121N2O6P. The molecule has 0 aromatic heterocycles. The third kappa shape index (κ3) is 56.2. The molecule has 0 aliphatic rings. The minimum Gasteiger partial charge on any atom is -0.756 e. The number of rotatable bonds is 57. The number of carbonyl (C=O) groups excluding carboxylic acids is 1. The number of allylic oxidation sites excluding steroid dienone is 7. The molecule has 3 atom stereocenters. The van der Waals surface area contributed by atoms with Crippen molar-refractivity contribution in [2.24, 2.45) is 0 Å². The summed E-state index contributed by atoms with van der Waals surface area (Å²) >= 11 is 0. The first-order valence-corrected chi connectivity index (χ1v) is 32.5. The zero-order valence-electron chi connectivity index (χ0n) is 48.4. The maximum atomic E-state index is 13.0. The summed E-state index contributed by atoms with van der Waals surface area (Å²) in [7, 11) is 1.26. The van der Waals surface area contributed by atoms with Gasteiger partial charge in [0.2, 0.25) is 5.91 Å². The van der Waals surface area contributed by atoms with E-state index in [1.165, 1.54) is 212 Å². The number of hydrogen-bond donors (Lipinski definition) is 2. The summed E-state index contributed by atoms with van der Waals surface area (Å²) in [4.78, 5) is 25.5. The highest BCUT2D eigenvalue weighted by atomic mass is 31.2. The molecule has 0 saturated heterocycles. The summed E-state index contributed by atoms with van der Waals surface area (Å²) in [6.45, 7) is 4.64. The van der Waals surface area contributed by atoms with E-state index in [2.05, 4.69) is 55.6 Å². The quantitative estimate of drug-likeness (QED) is 0.0272. The Balaban J connectivity index is 4.12. The molecule has 72 heavy (non-hydrogen) atoms. The van der Waals surface area contributed by atoms with E-state index in [0.29, 0.717) is 17.4 Å². The Hall–Kier alpha value is -1.54. The lowest BCUT2D eigenvalue weighted by Crippen LogP contribution is -2.45. The Morgan fingerprint density at radius 3 is 1.19 bits per heavy atom. The predicted octanol–water partition coefficient (Wildman–Crippen LogP) is 18.5. The van der Waals surface area contributed by atoms with Crippen LogP contribution in [0, 0.1) is 0 Å². The van der Waals surface area contributed by atoms with Gasteiger partial charge in [0.25, 0.3) is 7.82 Å². The van der Waals surface area contributed by atoms with Crippen LogP contribution in [0.15, 0.2) is 48.6 Å². The Morgan fingerprint density at radius 2 is 0.806 bits per heavy atom. The molecule has 0 fully saturated rings. The SMILES string of the molecule is CCCCC/C=C\C/C=C\C/C=C\CCCCCCCCC(=O)NC(COP(=O)([O-])OCC[N+](C)(C)C)C(O)/C=C/CCCCCCCCCCCCCCCCCCCCCCCCCCCCCCC. The van der Waals surface area contributed by atoms with Crippen LogP contribution in [0.2, 0.25) is 0 Å². The minimum atomic E-state index is -4.60. The van der Waals surface area contributed by atoms with E-state index < -0.39 is 20.0 Å². The van der Waals surface area contributed by atoms with Crippen LogP contribution in [0.4, 0.5) is 0 Å². The van der Waals surface area contributed by atoms with Gasteiger partial charge in [0.1, 0.15) is 13.2 Å². The van der Waals surface area contributed by atoms with Crippen molar-refractivity contribution >= 4 is 13.7 Å². The Kier molecular flexibility index (Phi) is 53.1. The van der Waals surface area contributed by atoms with Crippen LogP contribution >= 0.6 is 7.82 Å². The maximum absolute atomic E-state index is 13.0. The van der Waals surface area contributed by atoms with Gasteiger partial charge in [-0.25, -0.2) is 0 Å². The molecule has 0 aliphatic carbocycles. The first-order chi connectivity index (χ1) is 35.0. The van der Waals surface area contributed by atoms with E-state index in [9.17, 15) is 19.4 Å². The fraction of sp³-hybridized carbons (Fsp3) is 0.857. The zero-order chi connectivity index (χ0) is 52.7. The van der Waals surface area contributed by atoms with Crippen molar-refractivity contribution in [2.45, 2.75) is 309 Å². The third-order valence-corrected chi connectivity index (χ3v) is 15.0. The van der Waals surface area contributed by atoms with Crippen molar-refractivity contribution in [2.75, 3.05) is 40.9 Å². The number of quaternary nitrogens is 1. The van der Waals surface area contributed by atoms with E-state index in [1.54, 1.807) is 6.08 Å². The van der Waals surface area contributed by atoms with E-state index in [-0.39, 0.29) is 19.1 Å². The second-order valence-electron chi connectivity index (χ2n) is 22.4. The molecule has 1 amide bonds. The van der Waals surface area contributed by atoms with E-state index in [0.717, 1.165) is 64.2 Å². The number of phosphoric acid groups is 1. The summed E-state index contributed by atoms with van der Waals surface area (Å²) < 4.78 is 23.4. The largest absolute Gasteiger partial charge is 0.756 e. The molecule has 0 spiro atoms. The molecule has 0 bridgehead atoms. The van der Waals surface area contributed by atoms with Gasteiger partial charge in [-0.1, -0.05) is 281 Å². The minimum absolute atomic E-state index is 0.00465. The molecule has 424 valence electrons. The molecule has 0 aromatic carbocycles. The van der Waals surface area contributed by atoms with Gasteiger partial charge in [0, 0.05) is 6.42 Å². The van der Waals surface area contributed by atoms with Gasteiger partial charge >= 0.3 is 0 Å². The fourth-order valence-corrected chi connectivity index (χ4v) is 9.89. The first kappa shape index (κ1) is 70.5. The van der Waals surface area contributed by atoms with Crippen LogP contribution in [0.25, 0.3) is 0 Å². The zero-order valence-corrected chi connectivity index (χ0v) is 49.3. The lowest BCUT2D eigenvalue weighted by atomic mass is 10.0. The molecule has 0 aromatic rings. The highest BCUT2D eigenvalue weighted by Gasteiger charge is 2.23. The summed E-state index contributed by atoms with van der Waals surface area (Å²) in [6.07, 6.45) is 72.1. The highest BCUT2D eigenvalue weighted by Crippen LogP contribution is 2.38. The Bertz CT molecular complexity index is 1310. The molecule has 0 radical (unpaired) electrons. The molecule has 8 nitrogen and oxygen atoms in total.